The van der Waals surface area contributed by atoms with Crippen molar-refractivity contribution in [3.63, 3.8) is 0 Å². The van der Waals surface area contributed by atoms with Gasteiger partial charge in [0.05, 0.1) is 28.7 Å². The quantitative estimate of drug-likeness (QED) is 0.527. The number of aryl methyl sites for hydroxylation is 2. The highest BCUT2D eigenvalue weighted by molar-refractivity contribution is 9.10. The molecule has 1 atom stereocenters. The molecule has 8 nitrogen and oxygen atoms in total. The summed E-state index contributed by atoms with van der Waals surface area (Å²) in [5.41, 5.74) is 8.90. The average molecular weight is 484 g/mol. The second-order valence-corrected chi connectivity index (χ2v) is 8.58. The fraction of sp³-hybridized carbons (Fsp3) is 0.273. The van der Waals surface area contributed by atoms with Crippen LogP contribution in [0.25, 0.3) is 5.69 Å². The molecule has 3 aromatic rings. The van der Waals surface area contributed by atoms with E-state index in [1.165, 1.54) is 6.07 Å². The van der Waals surface area contributed by atoms with Crippen molar-refractivity contribution in [2.24, 2.45) is 5.73 Å². The number of nitrogens with one attached hydrogen (secondary N) is 2. The largest absolute Gasteiger partial charge is 0.365 e. The molecule has 0 spiro atoms. The highest BCUT2D eigenvalue weighted by Crippen LogP contribution is 2.29. The Bertz CT molecular complexity index is 1240. The van der Waals surface area contributed by atoms with Crippen LogP contribution in [-0.4, -0.2) is 26.6 Å². The third-order valence-electron chi connectivity index (χ3n) is 5.61. The minimum absolute atomic E-state index is 0.102. The first-order chi connectivity index (χ1) is 14.8. The number of rotatable bonds is 4. The molecule has 1 unspecified atom stereocenters. The Morgan fingerprint density at radius 1 is 1.26 bits per heavy atom. The molecule has 1 aliphatic rings. The van der Waals surface area contributed by atoms with E-state index in [4.69, 9.17) is 5.73 Å². The van der Waals surface area contributed by atoms with Gasteiger partial charge in [0.1, 0.15) is 5.56 Å². The number of carbonyl (C=O) groups is 2. The van der Waals surface area contributed by atoms with Gasteiger partial charge in [-0.2, -0.15) is 5.10 Å². The van der Waals surface area contributed by atoms with Gasteiger partial charge in [0.15, 0.2) is 0 Å². The van der Waals surface area contributed by atoms with Gasteiger partial charge in [-0.3, -0.25) is 14.4 Å². The van der Waals surface area contributed by atoms with E-state index in [-0.39, 0.29) is 17.5 Å². The number of nitrogens with two attached hydrogens (primary N) is 1. The molecule has 160 valence electrons. The number of benzene rings is 1. The molecule has 31 heavy (non-hydrogen) atoms. The molecule has 4 rings (SSSR count). The highest BCUT2D eigenvalue weighted by Gasteiger charge is 2.27. The number of aromatic nitrogens is 3. The van der Waals surface area contributed by atoms with Crippen molar-refractivity contribution < 1.29 is 9.59 Å². The summed E-state index contributed by atoms with van der Waals surface area (Å²) in [5.74, 6) is -1.04. The van der Waals surface area contributed by atoms with Crippen LogP contribution in [0.5, 0.6) is 0 Å². The molecule has 0 bridgehead atoms. The molecule has 0 radical (unpaired) electrons. The maximum Gasteiger partial charge on any atom is 0.261 e. The Hall–Kier alpha value is -3.20. The Labute approximate surface area is 187 Å². The molecular weight excluding hydrogens is 462 g/mol. The molecule has 0 aliphatic heterocycles. The Kier molecular flexibility index (Phi) is 5.53. The van der Waals surface area contributed by atoms with E-state index in [1.807, 2.05) is 31.2 Å². The first-order valence-electron chi connectivity index (χ1n) is 9.95. The molecule has 4 N–H and O–H groups in total. The molecule has 1 aliphatic carbocycles. The van der Waals surface area contributed by atoms with Crippen LogP contribution in [-0.2, 0) is 6.42 Å². The standard InChI is InChI=1S/C22H22BrN5O3/c1-11-19(12(2)28(27-11)14-8-6-13(23)7-9-14)22(31)26-18-5-3-4-17-15(18)10-16(20(24)29)21(30)25-17/h6-10,18H,3-5H2,1-2H3,(H2,24,29)(H,25,30)(H,26,31). The van der Waals surface area contributed by atoms with Crippen LogP contribution < -0.4 is 16.6 Å². The van der Waals surface area contributed by atoms with Crippen molar-refractivity contribution >= 4 is 27.7 Å². The molecule has 1 aromatic carbocycles. The van der Waals surface area contributed by atoms with E-state index < -0.39 is 11.5 Å². The van der Waals surface area contributed by atoms with Crippen molar-refractivity contribution in [1.82, 2.24) is 20.1 Å². The summed E-state index contributed by atoms with van der Waals surface area (Å²) in [4.78, 5) is 39.6. The van der Waals surface area contributed by atoms with Crippen LogP contribution in [0.4, 0.5) is 0 Å². The number of pyridine rings is 1. The Balaban J connectivity index is 1.66. The summed E-state index contributed by atoms with van der Waals surface area (Å²) >= 11 is 3.42. The Morgan fingerprint density at radius 2 is 1.97 bits per heavy atom. The van der Waals surface area contributed by atoms with Crippen molar-refractivity contribution in [2.45, 2.75) is 39.2 Å². The van der Waals surface area contributed by atoms with Crippen LogP contribution >= 0.6 is 15.9 Å². The van der Waals surface area contributed by atoms with Gasteiger partial charge in [0.2, 0.25) is 0 Å². The normalized spacial score (nSPS) is 15.4. The zero-order valence-electron chi connectivity index (χ0n) is 17.2. The highest BCUT2D eigenvalue weighted by atomic mass is 79.9. The van der Waals surface area contributed by atoms with Crippen LogP contribution in [0.2, 0.25) is 0 Å². The fourth-order valence-corrected chi connectivity index (χ4v) is 4.37. The van der Waals surface area contributed by atoms with Gasteiger partial charge in [-0.05, 0) is 69.0 Å². The zero-order valence-corrected chi connectivity index (χ0v) is 18.7. The lowest BCUT2D eigenvalue weighted by Crippen LogP contribution is -2.34. The first kappa shape index (κ1) is 21.0. The van der Waals surface area contributed by atoms with E-state index in [0.717, 1.165) is 33.5 Å². The summed E-state index contributed by atoms with van der Waals surface area (Å²) in [7, 11) is 0. The summed E-state index contributed by atoms with van der Waals surface area (Å²) in [5, 5.41) is 7.61. The van der Waals surface area contributed by atoms with Gasteiger partial charge >= 0.3 is 0 Å². The number of halogens is 1. The monoisotopic (exact) mass is 483 g/mol. The number of aromatic amines is 1. The van der Waals surface area contributed by atoms with Crippen LogP contribution in [0.15, 0.2) is 39.6 Å². The predicted octanol–water partition coefficient (Wildman–Crippen LogP) is 2.85. The number of hydrogen-bond donors (Lipinski definition) is 3. The molecule has 0 saturated heterocycles. The Morgan fingerprint density at radius 3 is 2.65 bits per heavy atom. The molecule has 0 saturated carbocycles. The summed E-state index contributed by atoms with van der Waals surface area (Å²) in [6, 6.07) is 8.85. The lowest BCUT2D eigenvalue weighted by molar-refractivity contribution is 0.0931. The molecule has 9 heteroatoms. The summed E-state index contributed by atoms with van der Waals surface area (Å²) in [6.07, 6.45) is 2.18. The maximum atomic E-state index is 13.2. The van der Waals surface area contributed by atoms with Gasteiger partial charge in [-0.15, -0.1) is 0 Å². The SMILES string of the molecule is Cc1nn(-c2ccc(Br)cc2)c(C)c1C(=O)NC1CCCc2[nH]c(=O)c(C(N)=O)cc21. The van der Waals surface area contributed by atoms with Gasteiger partial charge in [0, 0.05) is 10.2 Å². The van der Waals surface area contributed by atoms with E-state index in [9.17, 15) is 14.4 Å². The van der Waals surface area contributed by atoms with Crippen LogP contribution in [0, 0.1) is 13.8 Å². The van der Waals surface area contributed by atoms with Gasteiger partial charge < -0.3 is 16.0 Å². The third-order valence-corrected chi connectivity index (χ3v) is 6.14. The number of nitrogens with zero attached hydrogens (tertiary/aromatic N) is 2. The van der Waals surface area contributed by atoms with Gasteiger partial charge in [-0.25, -0.2) is 4.68 Å². The number of hydrogen-bond acceptors (Lipinski definition) is 4. The smallest absolute Gasteiger partial charge is 0.261 e. The molecule has 2 heterocycles. The lowest BCUT2D eigenvalue weighted by atomic mass is 9.90. The van der Waals surface area contributed by atoms with E-state index in [2.05, 4.69) is 31.3 Å². The van der Waals surface area contributed by atoms with Crippen LogP contribution in [0.1, 0.15) is 62.2 Å². The number of amides is 2. The van der Waals surface area contributed by atoms with Crippen molar-refractivity contribution in [1.29, 1.82) is 0 Å². The molecule has 2 aromatic heterocycles. The fourth-order valence-electron chi connectivity index (χ4n) is 4.11. The summed E-state index contributed by atoms with van der Waals surface area (Å²) < 4.78 is 2.70. The van der Waals surface area contributed by atoms with Crippen molar-refractivity contribution in [3.05, 3.63) is 78.9 Å². The van der Waals surface area contributed by atoms with E-state index in [1.54, 1.807) is 11.6 Å². The predicted molar refractivity (Wildman–Crippen MR) is 119 cm³/mol. The number of carbonyl (C=O) groups excluding carboxylic acids is 2. The molecular formula is C22H22BrN5O3. The number of primary amides is 1. The summed E-state index contributed by atoms with van der Waals surface area (Å²) in [6.45, 7) is 3.66. The van der Waals surface area contributed by atoms with Crippen molar-refractivity contribution in [3.8, 4) is 5.69 Å². The lowest BCUT2D eigenvalue weighted by Gasteiger charge is -2.26. The third kappa shape index (κ3) is 3.93. The van der Waals surface area contributed by atoms with Crippen molar-refractivity contribution in [2.75, 3.05) is 0 Å². The van der Waals surface area contributed by atoms with E-state index in [0.29, 0.717) is 24.1 Å². The second kappa shape index (κ2) is 8.14. The van der Waals surface area contributed by atoms with Crippen LogP contribution in [0.3, 0.4) is 0 Å². The number of H-pyrrole nitrogens is 1. The molecule has 2 amide bonds. The maximum absolute atomic E-state index is 13.2. The minimum Gasteiger partial charge on any atom is -0.365 e. The first-order valence-corrected chi connectivity index (χ1v) is 10.7. The second-order valence-electron chi connectivity index (χ2n) is 7.66. The van der Waals surface area contributed by atoms with Gasteiger partial charge in [-0.1, -0.05) is 15.9 Å². The average Bonchev–Trinajstić information content (AvgIpc) is 3.02. The zero-order chi connectivity index (χ0) is 22.3. The van der Waals surface area contributed by atoms with E-state index >= 15 is 0 Å². The van der Waals surface area contributed by atoms with Gasteiger partial charge in [0.25, 0.3) is 17.4 Å². The number of fused-ring (bicyclic) bond motifs is 1. The minimum atomic E-state index is -0.790. The topological polar surface area (TPSA) is 123 Å². The molecule has 0 fully saturated rings.